The number of fused-ring (bicyclic) bond motifs is 5. The van der Waals surface area contributed by atoms with Gasteiger partial charge < -0.3 is 10.2 Å². The molecule has 2 unspecified atom stereocenters. The Bertz CT molecular complexity index is 779. The molecule has 0 saturated heterocycles. The van der Waals surface area contributed by atoms with Gasteiger partial charge in [0, 0.05) is 23.4 Å². The Hall–Kier alpha value is -1.53. The molecule has 7 atom stereocenters. The number of hydrogen-bond acceptors (Lipinski definition) is 2. The van der Waals surface area contributed by atoms with Crippen LogP contribution in [0, 0.1) is 34.5 Å². The van der Waals surface area contributed by atoms with Crippen LogP contribution in [-0.2, 0) is 9.59 Å². The van der Waals surface area contributed by atoms with Crippen LogP contribution in [0.2, 0.25) is 0 Å². The van der Waals surface area contributed by atoms with Crippen molar-refractivity contribution >= 4 is 11.8 Å². The zero-order valence-corrected chi connectivity index (χ0v) is 19.0. The summed E-state index contributed by atoms with van der Waals surface area (Å²) in [6.45, 7) is 6.57. The van der Waals surface area contributed by atoms with Crippen LogP contribution >= 0.6 is 0 Å². The minimum Gasteiger partial charge on any atom is -0.349 e. The van der Waals surface area contributed by atoms with Gasteiger partial charge in [-0.25, -0.2) is 0 Å². The fourth-order valence-corrected chi connectivity index (χ4v) is 7.65. The number of nitrogens with zero attached hydrogens (tertiary/aromatic N) is 1. The fourth-order valence-electron chi connectivity index (χ4n) is 7.65. The molecule has 0 aromatic carbocycles. The van der Waals surface area contributed by atoms with Gasteiger partial charge in [-0.3, -0.25) is 9.59 Å². The highest BCUT2D eigenvalue weighted by Crippen LogP contribution is 2.65. The van der Waals surface area contributed by atoms with Gasteiger partial charge in [0.25, 0.3) is 0 Å². The minimum absolute atomic E-state index is 0.0217. The lowest BCUT2D eigenvalue weighted by atomic mass is 9.48. The summed E-state index contributed by atoms with van der Waals surface area (Å²) in [6.07, 6.45) is 4.69. The first-order chi connectivity index (χ1) is 14.4. The van der Waals surface area contributed by atoms with E-state index in [0.717, 1.165) is 37.0 Å². The fraction of sp³-hybridized carbons (Fsp3) is 0.833. The molecule has 0 aromatic heterocycles. The van der Waals surface area contributed by atoms with Crippen LogP contribution in [0.15, 0.2) is 12.2 Å². The number of rotatable bonds is 3. The molecule has 1 aliphatic heterocycles. The zero-order chi connectivity index (χ0) is 22.8. The highest BCUT2D eigenvalue weighted by atomic mass is 19.4. The molecule has 3 aliphatic carbocycles. The normalized spacial score (nSPS) is 41.9. The van der Waals surface area contributed by atoms with Crippen molar-refractivity contribution in [1.82, 2.24) is 10.2 Å². The monoisotopic (exact) mass is 440 g/mol. The van der Waals surface area contributed by atoms with Gasteiger partial charge >= 0.3 is 6.18 Å². The Morgan fingerprint density at radius 2 is 1.87 bits per heavy atom. The van der Waals surface area contributed by atoms with Crippen LogP contribution in [-0.4, -0.2) is 41.5 Å². The summed E-state index contributed by atoms with van der Waals surface area (Å²) in [6, 6.07) is -0.323. The maximum atomic E-state index is 13.4. The molecule has 0 radical (unpaired) electrons. The van der Waals surface area contributed by atoms with Crippen molar-refractivity contribution in [2.24, 2.45) is 34.5 Å². The average Bonchev–Trinajstić information content (AvgIpc) is 3.02. The predicted molar refractivity (Wildman–Crippen MR) is 112 cm³/mol. The van der Waals surface area contributed by atoms with Crippen LogP contribution in [0.25, 0.3) is 0 Å². The first-order valence-electron chi connectivity index (χ1n) is 11.7. The van der Waals surface area contributed by atoms with Crippen molar-refractivity contribution in [2.45, 2.75) is 84.5 Å². The molecule has 7 heteroatoms. The van der Waals surface area contributed by atoms with Crippen LogP contribution in [0.1, 0.15) is 66.2 Å². The van der Waals surface area contributed by atoms with Crippen molar-refractivity contribution in [1.29, 1.82) is 0 Å². The molecule has 4 nitrogen and oxygen atoms in total. The van der Waals surface area contributed by atoms with Crippen molar-refractivity contribution in [3.05, 3.63) is 12.2 Å². The molecular formula is C24H35F3N2O2. The van der Waals surface area contributed by atoms with E-state index in [9.17, 15) is 22.8 Å². The topological polar surface area (TPSA) is 49.4 Å². The number of carbonyl (C=O) groups excluding carboxylic acids is 2. The van der Waals surface area contributed by atoms with Gasteiger partial charge in [-0.05, 0) is 81.6 Å². The Labute approximate surface area is 183 Å². The summed E-state index contributed by atoms with van der Waals surface area (Å²) in [5, 5.41) is 3.14. The van der Waals surface area contributed by atoms with E-state index in [2.05, 4.69) is 25.2 Å². The van der Waals surface area contributed by atoms with E-state index in [1.807, 2.05) is 0 Å². The molecule has 0 bridgehead atoms. The first kappa shape index (κ1) is 22.7. The molecule has 3 saturated carbocycles. The maximum absolute atomic E-state index is 13.4. The molecule has 3 fully saturated rings. The largest absolute Gasteiger partial charge is 0.406 e. The smallest absolute Gasteiger partial charge is 0.349 e. The number of carbonyl (C=O) groups is 2. The first-order valence-corrected chi connectivity index (χ1v) is 11.7. The molecule has 174 valence electrons. The standard InChI is InChI=1S/C24H35F3N2O2/c1-14(2)29(13-24(25,26)27)21(31)18-7-6-16-15-5-8-19-23(4,12-10-20(30)28-19)17(15)9-11-22(16,18)3/h10,12,14-19H,5-9,11,13H2,1-4H3,(H,28,30)/t15-,16-,17+,18?,19?,22-,23+/m0/s1. The van der Waals surface area contributed by atoms with E-state index in [0.29, 0.717) is 24.2 Å². The van der Waals surface area contributed by atoms with Crippen molar-refractivity contribution in [2.75, 3.05) is 6.54 Å². The molecular weight excluding hydrogens is 405 g/mol. The zero-order valence-electron chi connectivity index (χ0n) is 19.0. The van der Waals surface area contributed by atoms with Crippen LogP contribution < -0.4 is 5.32 Å². The lowest BCUT2D eigenvalue weighted by Crippen LogP contribution is -2.59. The SMILES string of the molecule is CC(C)N(CC(F)(F)F)C(=O)C1CC[C@H]2[C@@H]3CCC4NC(=O)C=C[C@]4(C)[C@@H]3CC[C@]12C. The third-order valence-electron chi connectivity index (χ3n) is 9.24. The van der Waals surface area contributed by atoms with Gasteiger partial charge in [0.05, 0.1) is 0 Å². The summed E-state index contributed by atoms with van der Waals surface area (Å²) in [7, 11) is 0. The summed E-state index contributed by atoms with van der Waals surface area (Å²) < 4.78 is 39.5. The molecule has 4 aliphatic rings. The van der Waals surface area contributed by atoms with Crippen molar-refractivity contribution < 1.29 is 22.8 Å². The van der Waals surface area contributed by atoms with E-state index in [-0.39, 0.29) is 34.6 Å². The molecule has 0 aromatic rings. The third-order valence-corrected chi connectivity index (χ3v) is 9.24. The number of hydrogen-bond donors (Lipinski definition) is 1. The Kier molecular flexibility index (Phi) is 5.49. The van der Waals surface area contributed by atoms with Crippen molar-refractivity contribution in [3.8, 4) is 0 Å². The van der Waals surface area contributed by atoms with Gasteiger partial charge in [0.2, 0.25) is 11.8 Å². The van der Waals surface area contributed by atoms with E-state index in [1.54, 1.807) is 19.9 Å². The average molecular weight is 441 g/mol. The van der Waals surface area contributed by atoms with E-state index in [4.69, 9.17) is 0 Å². The molecule has 2 amide bonds. The lowest BCUT2D eigenvalue weighted by Gasteiger charge is -2.58. The van der Waals surface area contributed by atoms with Crippen LogP contribution in [0.4, 0.5) is 13.2 Å². The van der Waals surface area contributed by atoms with E-state index in [1.165, 1.54) is 0 Å². The summed E-state index contributed by atoms with van der Waals surface area (Å²) in [5.74, 6) is 0.560. The molecule has 0 spiro atoms. The van der Waals surface area contributed by atoms with Gasteiger partial charge in [-0.15, -0.1) is 0 Å². The second-order valence-corrected chi connectivity index (χ2v) is 11.1. The molecule has 4 rings (SSSR count). The predicted octanol–water partition coefficient (Wildman–Crippen LogP) is 4.70. The van der Waals surface area contributed by atoms with Crippen LogP contribution in [0.3, 0.4) is 0 Å². The van der Waals surface area contributed by atoms with Gasteiger partial charge in [0.15, 0.2) is 0 Å². The Morgan fingerprint density at radius 1 is 1.16 bits per heavy atom. The number of amides is 2. The van der Waals surface area contributed by atoms with Gasteiger partial charge in [0.1, 0.15) is 6.54 Å². The molecule has 1 N–H and O–H groups in total. The van der Waals surface area contributed by atoms with Crippen molar-refractivity contribution in [3.63, 3.8) is 0 Å². The van der Waals surface area contributed by atoms with Crippen LogP contribution in [0.5, 0.6) is 0 Å². The lowest BCUT2D eigenvalue weighted by molar-refractivity contribution is -0.171. The Balaban J connectivity index is 1.58. The quantitative estimate of drug-likeness (QED) is 0.692. The van der Waals surface area contributed by atoms with Gasteiger partial charge in [-0.1, -0.05) is 19.9 Å². The summed E-state index contributed by atoms with van der Waals surface area (Å²) in [5.41, 5.74) is -0.331. The number of alkyl halides is 3. The highest BCUT2D eigenvalue weighted by molar-refractivity contribution is 5.89. The summed E-state index contributed by atoms with van der Waals surface area (Å²) in [4.78, 5) is 26.3. The number of nitrogens with one attached hydrogen (secondary N) is 1. The Morgan fingerprint density at radius 3 is 2.52 bits per heavy atom. The molecule has 31 heavy (non-hydrogen) atoms. The summed E-state index contributed by atoms with van der Waals surface area (Å²) >= 11 is 0. The second kappa shape index (κ2) is 7.51. The van der Waals surface area contributed by atoms with E-state index >= 15 is 0 Å². The number of halogens is 3. The van der Waals surface area contributed by atoms with E-state index < -0.39 is 18.8 Å². The van der Waals surface area contributed by atoms with Gasteiger partial charge in [-0.2, -0.15) is 13.2 Å². The highest BCUT2D eigenvalue weighted by Gasteiger charge is 2.61. The second-order valence-electron chi connectivity index (χ2n) is 11.1. The minimum atomic E-state index is -4.39. The maximum Gasteiger partial charge on any atom is 0.406 e. The molecule has 1 heterocycles. The third kappa shape index (κ3) is 3.70.